The van der Waals surface area contributed by atoms with Crippen LogP contribution in [0.5, 0.6) is 0 Å². The molecule has 0 aromatic rings. The Morgan fingerprint density at radius 2 is 1.71 bits per heavy atom. The maximum Gasteiger partial charge on any atom is 0.0693 e. The molecular formula is C15H31NO. The molecule has 0 aromatic carbocycles. The van der Waals surface area contributed by atoms with E-state index in [-0.39, 0.29) is 12.1 Å². The molecule has 0 heterocycles. The average molecular weight is 241 g/mol. The van der Waals surface area contributed by atoms with Crippen LogP contribution in [0.2, 0.25) is 0 Å². The fraction of sp³-hybridized carbons (Fsp3) is 1.00. The van der Waals surface area contributed by atoms with Crippen LogP contribution in [-0.4, -0.2) is 17.3 Å². The molecular weight excluding hydrogens is 210 g/mol. The van der Waals surface area contributed by atoms with Crippen molar-refractivity contribution in [1.29, 1.82) is 0 Å². The van der Waals surface area contributed by atoms with E-state index in [4.69, 9.17) is 5.73 Å². The van der Waals surface area contributed by atoms with Crippen LogP contribution in [0.25, 0.3) is 0 Å². The fourth-order valence-electron chi connectivity index (χ4n) is 3.10. The number of hydrogen-bond donors (Lipinski definition) is 2. The predicted octanol–water partition coefficient (Wildman–Crippen LogP) is 3.47. The second kappa shape index (κ2) is 8.10. The summed E-state index contributed by atoms with van der Waals surface area (Å²) < 4.78 is 0. The molecule has 2 heteroatoms. The van der Waals surface area contributed by atoms with E-state index in [9.17, 15) is 5.11 Å². The van der Waals surface area contributed by atoms with Crippen molar-refractivity contribution in [2.75, 3.05) is 0 Å². The van der Waals surface area contributed by atoms with Crippen LogP contribution in [0.1, 0.15) is 71.6 Å². The third-order valence-electron chi connectivity index (χ3n) is 4.55. The summed E-state index contributed by atoms with van der Waals surface area (Å²) in [5.74, 6) is 1.41. The lowest BCUT2D eigenvalue weighted by molar-refractivity contribution is 0.0987. The zero-order valence-electron chi connectivity index (χ0n) is 11.7. The van der Waals surface area contributed by atoms with Crippen LogP contribution in [0.3, 0.4) is 0 Å². The van der Waals surface area contributed by atoms with Gasteiger partial charge in [0.25, 0.3) is 0 Å². The van der Waals surface area contributed by atoms with E-state index in [1.165, 1.54) is 32.1 Å². The molecule has 0 spiro atoms. The fourth-order valence-corrected chi connectivity index (χ4v) is 3.10. The molecule has 0 aliphatic heterocycles. The molecule has 0 amide bonds. The van der Waals surface area contributed by atoms with Crippen LogP contribution in [0.15, 0.2) is 0 Å². The van der Waals surface area contributed by atoms with Gasteiger partial charge < -0.3 is 10.8 Å². The van der Waals surface area contributed by atoms with Crippen molar-refractivity contribution in [3.05, 3.63) is 0 Å². The quantitative estimate of drug-likeness (QED) is 0.717. The summed E-state index contributed by atoms with van der Waals surface area (Å²) in [7, 11) is 0. The van der Waals surface area contributed by atoms with Crippen LogP contribution >= 0.6 is 0 Å². The van der Waals surface area contributed by atoms with Crippen molar-refractivity contribution in [3.8, 4) is 0 Å². The molecule has 17 heavy (non-hydrogen) atoms. The predicted molar refractivity (Wildman–Crippen MR) is 73.9 cm³/mol. The molecule has 1 fully saturated rings. The summed E-state index contributed by atoms with van der Waals surface area (Å²) >= 11 is 0. The van der Waals surface area contributed by atoms with Gasteiger partial charge in [0.05, 0.1) is 6.10 Å². The first-order valence-electron chi connectivity index (χ1n) is 7.61. The summed E-state index contributed by atoms with van der Waals surface area (Å²) in [5.41, 5.74) is 6.16. The van der Waals surface area contributed by atoms with Gasteiger partial charge in [-0.15, -0.1) is 0 Å². The van der Waals surface area contributed by atoms with E-state index in [2.05, 4.69) is 13.8 Å². The third-order valence-corrected chi connectivity index (χ3v) is 4.55. The van der Waals surface area contributed by atoms with Crippen molar-refractivity contribution in [3.63, 3.8) is 0 Å². The summed E-state index contributed by atoms with van der Waals surface area (Å²) in [5, 5.41) is 10.2. The lowest BCUT2D eigenvalue weighted by Gasteiger charge is -2.28. The lowest BCUT2D eigenvalue weighted by atomic mass is 9.82. The highest BCUT2D eigenvalue weighted by Crippen LogP contribution is 2.28. The van der Waals surface area contributed by atoms with Gasteiger partial charge in [0.1, 0.15) is 0 Å². The topological polar surface area (TPSA) is 46.2 Å². The largest absolute Gasteiger partial charge is 0.392 e. The van der Waals surface area contributed by atoms with Gasteiger partial charge in [-0.05, 0) is 24.7 Å². The minimum Gasteiger partial charge on any atom is -0.392 e. The minimum absolute atomic E-state index is 0.00120. The van der Waals surface area contributed by atoms with E-state index >= 15 is 0 Å². The highest BCUT2D eigenvalue weighted by molar-refractivity contribution is 4.79. The molecule has 0 saturated heterocycles. The van der Waals surface area contributed by atoms with Crippen molar-refractivity contribution >= 4 is 0 Å². The second-order valence-corrected chi connectivity index (χ2v) is 5.89. The zero-order chi connectivity index (χ0) is 12.7. The van der Waals surface area contributed by atoms with Crippen LogP contribution in [0, 0.1) is 11.8 Å². The second-order valence-electron chi connectivity index (χ2n) is 5.89. The zero-order valence-corrected chi connectivity index (χ0v) is 11.7. The van der Waals surface area contributed by atoms with Gasteiger partial charge in [0, 0.05) is 6.04 Å². The van der Waals surface area contributed by atoms with Gasteiger partial charge in [0.2, 0.25) is 0 Å². The standard InChI is InChI=1S/C15H31NO/c1-3-12(4-2)11-15(17)14(16)10-13-8-6-5-7-9-13/h12-15,17H,3-11,16H2,1-2H3. The summed E-state index contributed by atoms with van der Waals surface area (Å²) in [4.78, 5) is 0. The Labute approximate surface area is 107 Å². The van der Waals surface area contributed by atoms with Gasteiger partial charge in [-0.2, -0.15) is 0 Å². The first-order valence-corrected chi connectivity index (χ1v) is 7.61. The third kappa shape index (κ3) is 5.39. The Kier molecular flexibility index (Phi) is 7.14. The summed E-state index contributed by atoms with van der Waals surface area (Å²) in [6.45, 7) is 4.40. The Bertz CT molecular complexity index is 185. The van der Waals surface area contributed by atoms with Gasteiger partial charge in [-0.3, -0.25) is 0 Å². The van der Waals surface area contributed by atoms with Crippen LogP contribution in [-0.2, 0) is 0 Å². The van der Waals surface area contributed by atoms with Gasteiger partial charge in [-0.1, -0.05) is 58.8 Å². The number of nitrogens with two attached hydrogens (primary N) is 1. The SMILES string of the molecule is CCC(CC)CC(O)C(N)CC1CCCCC1. The minimum atomic E-state index is -0.290. The molecule has 102 valence electrons. The number of aliphatic hydroxyl groups excluding tert-OH is 1. The normalized spacial score (nSPS) is 21.7. The maximum absolute atomic E-state index is 10.2. The molecule has 2 atom stereocenters. The molecule has 1 saturated carbocycles. The molecule has 1 aliphatic rings. The maximum atomic E-state index is 10.2. The van der Waals surface area contributed by atoms with Crippen LogP contribution < -0.4 is 5.73 Å². The molecule has 0 radical (unpaired) electrons. The Morgan fingerprint density at radius 3 is 2.24 bits per heavy atom. The molecule has 2 nitrogen and oxygen atoms in total. The Hall–Kier alpha value is -0.0800. The number of aliphatic hydroxyl groups is 1. The smallest absolute Gasteiger partial charge is 0.0693 e. The first kappa shape index (κ1) is 15.0. The average Bonchev–Trinajstić information content (AvgIpc) is 2.36. The molecule has 0 bridgehead atoms. The summed E-state index contributed by atoms with van der Waals surface area (Å²) in [6.07, 6.45) is 10.7. The van der Waals surface area contributed by atoms with Gasteiger partial charge in [0.15, 0.2) is 0 Å². The van der Waals surface area contributed by atoms with E-state index in [0.29, 0.717) is 5.92 Å². The van der Waals surface area contributed by atoms with Crippen molar-refractivity contribution < 1.29 is 5.11 Å². The van der Waals surface area contributed by atoms with Crippen LogP contribution in [0.4, 0.5) is 0 Å². The Balaban J connectivity index is 2.27. The van der Waals surface area contributed by atoms with E-state index < -0.39 is 0 Å². The van der Waals surface area contributed by atoms with Crippen molar-refractivity contribution in [1.82, 2.24) is 0 Å². The lowest BCUT2D eigenvalue weighted by Crippen LogP contribution is -2.38. The molecule has 1 aliphatic carbocycles. The number of rotatable bonds is 7. The number of hydrogen-bond acceptors (Lipinski definition) is 2. The van der Waals surface area contributed by atoms with E-state index in [0.717, 1.165) is 31.6 Å². The molecule has 2 unspecified atom stereocenters. The van der Waals surface area contributed by atoms with Crippen molar-refractivity contribution in [2.24, 2.45) is 17.6 Å². The van der Waals surface area contributed by atoms with Gasteiger partial charge in [-0.25, -0.2) is 0 Å². The first-order chi connectivity index (χ1) is 8.17. The Morgan fingerprint density at radius 1 is 1.12 bits per heavy atom. The highest BCUT2D eigenvalue weighted by atomic mass is 16.3. The molecule has 0 aromatic heterocycles. The van der Waals surface area contributed by atoms with E-state index in [1.807, 2.05) is 0 Å². The van der Waals surface area contributed by atoms with E-state index in [1.54, 1.807) is 0 Å². The monoisotopic (exact) mass is 241 g/mol. The van der Waals surface area contributed by atoms with Gasteiger partial charge >= 0.3 is 0 Å². The highest BCUT2D eigenvalue weighted by Gasteiger charge is 2.23. The molecule has 1 rings (SSSR count). The molecule has 3 N–H and O–H groups in total. The van der Waals surface area contributed by atoms with Crippen molar-refractivity contribution in [2.45, 2.75) is 83.8 Å². The summed E-state index contributed by atoms with van der Waals surface area (Å²) in [6, 6.07) is -0.00120.